The molecule has 4 aromatic rings. The average molecular weight is 531 g/mol. The summed E-state index contributed by atoms with van der Waals surface area (Å²) in [7, 11) is 0. The van der Waals surface area contributed by atoms with Gasteiger partial charge < -0.3 is 20.0 Å². The molecule has 8 heteroatoms. The second-order valence-corrected chi connectivity index (χ2v) is 9.90. The van der Waals surface area contributed by atoms with Gasteiger partial charge in [0.1, 0.15) is 17.6 Å². The Bertz CT molecular complexity index is 1440. The minimum Gasteiger partial charge on any atom is -0.459 e. The number of aryl methyl sites for hydroxylation is 1. The Morgan fingerprint density at radius 3 is 2.73 bits per heavy atom. The van der Waals surface area contributed by atoms with Gasteiger partial charge in [0, 0.05) is 35.4 Å². The number of anilines is 1. The predicted octanol–water partition coefficient (Wildman–Crippen LogP) is 6.61. The van der Waals surface area contributed by atoms with Gasteiger partial charge in [0.05, 0.1) is 11.7 Å². The van der Waals surface area contributed by atoms with Crippen LogP contribution in [0.2, 0.25) is 5.02 Å². The summed E-state index contributed by atoms with van der Waals surface area (Å²) in [5, 5.41) is 7.62. The summed E-state index contributed by atoms with van der Waals surface area (Å²) in [5.41, 5.74) is 4.60. The SMILES string of the molecule is Cc1cccc(NC(=O)CCN2C(=S)N[C@@H](c3ccccn3)[C@H]2c2ccc(-c3cccc(Cl)c3C)o2)c1. The second-order valence-electron chi connectivity index (χ2n) is 9.10. The fourth-order valence-electron chi connectivity index (χ4n) is 4.65. The summed E-state index contributed by atoms with van der Waals surface area (Å²) < 4.78 is 6.41. The predicted molar refractivity (Wildman–Crippen MR) is 150 cm³/mol. The molecule has 0 unspecified atom stereocenters. The number of hydrogen-bond donors (Lipinski definition) is 2. The quantitative estimate of drug-likeness (QED) is 0.262. The van der Waals surface area contributed by atoms with Gasteiger partial charge in [-0.2, -0.15) is 0 Å². The van der Waals surface area contributed by atoms with Crippen molar-refractivity contribution in [3.8, 4) is 11.3 Å². The van der Waals surface area contributed by atoms with Crippen molar-refractivity contribution in [1.29, 1.82) is 0 Å². The lowest BCUT2D eigenvalue weighted by atomic mass is 10.0. The standard InChI is InChI=1S/C29H27ClN4O2S/c1-18-7-5-8-20(17-18)32-26(35)14-16-34-28(27(33-29(34)37)23-11-3-4-15-31-23)25-13-12-24(36-25)21-9-6-10-22(30)19(21)2/h3-13,15,17,27-28H,14,16H2,1-2H3,(H,32,35)(H,33,37)/t27-,28+/m0/s1. The first-order valence-electron chi connectivity index (χ1n) is 12.1. The van der Waals surface area contributed by atoms with Crippen LogP contribution in [0.5, 0.6) is 0 Å². The fraction of sp³-hybridized carbons (Fsp3) is 0.207. The van der Waals surface area contributed by atoms with Gasteiger partial charge in [0.15, 0.2) is 5.11 Å². The number of pyridine rings is 1. The van der Waals surface area contributed by atoms with Gasteiger partial charge in [-0.25, -0.2) is 0 Å². The van der Waals surface area contributed by atoms with Gasteiger partial charge in [0.2, 0.25) is 5.91 Å². The molecule has 3 heterocycles. The van der Waals surface area contributed by atoms with Crippen LogP contribution in [-0.4, -0.2) is 27.4 Å². The molecule has 2 aromatic carbocycles. The van der Waals surface area contributed by atoms with Crippen molar-refractivity contribution in [2.75, 3.05) is 11.9 Å². The monoisotopic (exact) mass is 530 g/mol. The van der Waals surface area contributed by atoms with Crippen molar-refractivity contribution in [2.24, 2.45) is 0 Å². The maximum atomic E-state index is 12.8. The highest BCUT2D eigenvalue weighted by Crippen LogP contribution is 2.41. The van der Waals surface area contributed by atoms with E-state index < -0.39 is 0 Å². The van der Waals surface area contributed by atoms with E-state index in [1.165, 1.54) is 0 Å². The highest BCUT2D eigenvalue weighted by atomic mass is 35.5. The Labute approximate surface area is 226 Å². The maximum Gasteiger partial charge on any atom is 0.226 e. The van der Waals surface area contributed by atoms with Crippen LogP contribution in [0.25, 0.3) is 11.3 Å². The van der Waals surface area contributed by atoms with E-state index in [-0.39, 0.29) is 24.4 Å². The second kappa shape index (κ2) is 10.7. The molecule has 0 saturated carbocycles. The van der Waals surface area contributed by atoms with Crippen molar-refractivity contribution >= 4 is 40.5 Å². The van der Waals surface area contributed by atoms with Crippen molar-refractivity contribution < 1.29 is 9.21 Å². The van der Waals surface area contributed by atoms with Crippen LogP contribution in [0, 0.1) is 13.8 Å². The third-order valence-corrected chi connectivity index (χ3v) is 7.29. The molecule has 2 N–H and O–H groups in total. The summed E-state index contributed by atoms with van der Waals surface area (Å²) in [6.07, 6.45) is 2.03. The molecular weight excluding hydrogens is 504 g/mol. The molecule has 0 spiro atoms. The van der Waals surface area contributed by atoms with E-state index in [4.69, 9.17) is 28.2 Å². The van der Waals surface area contributed by atoms with Crippen molar-refractivity contribution in [3.63, 3.8) is 0 Å². The van der Waals surface area contributed by atoms with Crippen molar-refractivity contribution in [1.82, 2.24) is 15.2 Å². The number of halogens is 1. The number of benzene rings is 2. The molecule has 2 aromatic heterocycles. The molecule has 1 fully saturated rings. The maximum absolute atomic E-state index is 12.8. The summed E-state index contributed by atoms with van der Waals surface area (Å²) >= 11 is 12.1. The van der Waals surface area contributed by atoms with Gasteiger partial charge in [0.25, 0.3) is 0 Å². The van der Waals surface area contributed by atoms with Crippen molar-refractivity contribution in [3.05, 3.63) is 107 Å². The Balaban J connectivity index is 1.42. The lowest BCUT2D eigenvalue weighted by Crippen LogP contribution is -2.32. The van der Waals surface area contributed by atoms with Gasteiger partial charge in [-0.1, -0.05) is 41.9 Å². The number of nitrogens with zero attached hydrogens (tertiary/aromatic N) is 2. The molecule has 6 nitrogen and oxygen atoms in total. The topological polar surface area (TPSA) is 70.4 Å². The number of furan rings is 1. The van der Waals surface area contributed by atoms with Gasteiger partial charge in [-0.3, -0.25) is 9.78 Å². The van der Waals surface area contributed by atoms with E-state index in [2.05, 4.69) is 15.6 Å². The zero-order valence-corrected chi connectivity index (χ0v) is 22.1. The lowest BCUT2D eigenvalue weighted by molar-refractivity contribution is -0.116. The molecule has 0 aliphatic carbocycles. The molecule has 0 radical (unpaired) electrons. The number of carbonyl (C=O) groups is 1. The number of hydrogen-bond acceptors (Lipinski definition) is 4. The normalized spacial score (nSPS) is 17.1. The zero-order chi connectivity index (χ0) is 25.9. The largest absolute Gasteiger partial charge is 0.459 e. The number of carbonyl (C=O) groups excluding carboxylic acids is 1. The zero-order valence-electron chi connectivity index (χ0n) is 20.6. The molecule has 0 bridgehead atoms. The van der Waals surface area contributed by atoms with Crippen LogP contribution in [-0.2, 0) is 4.79 Å². The van der Waals surface area contributed by atoms with Crippen molar-refractivity contribution in [2.45, 2.75) is 32.4 Å². The number of aromatic nitrogens is 1. The van der Waals surface area contributed by atoms with Crippen LogP contribution in [0.15, 0.2) is 83.4 Å². The Kier molecular flexibility index (Phi) is 7.26. The number of amides is 1. The first kappa shape index (κ1) is 25.0. The van der Waals surface area contributed by atoms with E-state index in [1.807, 2.05) is 91.5 Å². The summed E-state index contributed by atoms with van der Waals surface area (Å²) in [6, 6.07) is 22.7. The van der Waals surface area contributed by atoms with E-state index >= 15 is 0 Å². The van der Waals surface area contributed by atoms with E-state index in [9.17, 15) is 4.79 Å². The smallest absolute Gasteiger partial charge is 0.226 e. The first-order chi connectivity index (χ1) is 17.9. The van der Waals surface area contributed by atoms with Crippen LogP contribution in [0.4, 0.5) is 5.69 Å². The highest BCUT2D eigenvalue weighted by molar-refractivity contribution is 7.80. The minimum absolute atomic E-state index is 0.0804. The van der Waals surface area contributed by atoms with Crippen LogP contribution in [0.1, 0.15) is 41.1 Å². The molecule has 188 valence electrons. The molecule has 1 aliphatic heterocycles. The molecule has 37 heavy (non-hydrogen) atoms. The fourth-order valence-corrected chi connectivity index (χ4v) is 5.16. The highest BCUT2D eigenvalue weighted by Gasteiger charge is 2.41. The Hall–Kier alpha value is -3.68. The number of rotatable bonds is 7. The van der Waals surface area contributed by atoms with E-state index in [0.717, 1.165) is 39.6 Å². The van der Waals surface area contributed by atoms with Crippen LogP contribution < -0.4 is 10.6 Å². The van der Waals surface area contributed by atoms with Crippen LogP contribution in [0.3, 0.4) is 0 Å². The molecule has 5 rings (SSSR count). The average Bonchev–Trinajstić information content (AvgIpc) is 3.49. The lowest BCUT2D eigenvalue weighted by Gasteiger charge is -2.26. The minimum atomic E-state index is -0.276. The first-order valence-corrected chi connectivity index (χ1v) is 12.9. The van der Waals surface area contributed by atoms with E-state index in [1.54, 1.807) is 6.20 Å². The molecular formula is C29H27ClN4O2S. The van der Waals surface area contributed by atoms with Crippen LogP contribution >= 0.6 is 23.8 Å². The molecule has 1 amide bonds. The molecule has 2 atom stereocenters. The summed E-state index contributed by atoms with van der Waals surface area (Å²) in [6.45, 7) is 4.39. The molecule has 1 aliphatic rings. The third-order valence-electron chi connectivity index (χ3n) is 6.53. The van der Waals surface area contributed by atoms with E-state index in [0.29, 0.717) is 16.7 Å². The summed E-state index contributed by atoms with van der Waals surface area (Å²) in [5.74, 6) is 1.38. The summed E-state index contributed by atoms with van der Waals surface area (Å²) in [4.78, 5) is 19.4. The Morgan fingerprint density at radius 1 is 1.11 bits per heavy atom. The van der Waals surface area contributed by atoms with Gasteiger partial charge in [-0.05, 0) is 79.7 Å². The van der Waals surface area contributed by atoms with Gasteiger partial charge in [-0.15, -0.1) is 0 Å². The Morgan fingerprint density at radius 2 is 1.95 bits per heavy atom. The van der Waals surface area contributed by atoms with Gasteiger partial charge >= 0.3 is 0 Å². The molecule has 1 saturated heterocycles. The number of thiocarbonyl (C=S) groups is 1. The number of nitrogens with one attached hydrogen (secondary N) is 2. The third kappa shape index (κ3) is 5.38.